The van der Waals surface area contributed by atoms with Crippen molar-refractivity contribution in [3.05, 3.63) is 34.9 Å². The Kier molecular flexibility index (Phi) is 5.92. The van der Waals surface area contributed by atoms with Gasteiger partial charge < -0.3 is 5.32 Å². The highest BCUT2D eigenvalue weighted by molar-refractivity contribution is 9.09. The number of hydrogen-bond acceptors (Lipinski definition) is 1. The topological polar surface area (TPSA) is 29.1 Å². The maximum atomic E-state index is 13.6. The molecule has 106 valence electrons. The number of carbonyl (C=O) groups is 1. The first-order valence-electron chi connectivity index (χ1n) is 5.79. The van der Waals surface area contributed by atoms with Gasteiger partial charge in [0.2, 0.25) is 0 Å². The van der Waals surface area contributed by atoms with Crippen molar-refractivity contribution < 1.29 is 13.6 Å². The highest BCUT2D eigenvalue weighted by Crippen LogP contribution is 2.20. The van der Waals surface area contributed by atoms with Crippen molar-refractivity contribution in [1.82, 2.24) is 5.32 Å². The second-order valence-electron chi connectivity index (χ2n) is 4.44. The quantitative estimate of drug-likeness (QED) is 0.747. The summed E-state index contributed by atoms with van der Waals surface area (Å²) >= 11 is 6.68. The van der Waals surface area contributed by atoms with E-state index in [0.29, 0.717) is 17.1 Å². The van der Waals surface area contributed by atoms with Gasteiger partial charge in [0.05, 0.1) is 11.1 Å². The molecule has 6 heteroatoms. The molecule has 0 radical (unpaired) electrons. The molecule has 1 amide bonds. The van der Waals surface area contributed by atoms with Crippen LogP contribution in [0, 0.1) is 18.6 Å². The summed E-state index contributed by atoms with van der Waals surface area (Å²) in [6.07, 6.45) is 0.678. The van der Waals surface area contributed by atoms with Gasteiger partial charge in [0.25, 0.3) is 5.91 Å². The lowest BCUT2D eigenvalue weighted by atomic mass is 10.0. The number of carbonyl (C=O) groups excluding carboxylic acids is 1. The van der Waals surface area contributed by atoms with E-state index in [0.717, 1.165) is 6.07 Å². The first kappa shape index (κ1) is 16.6. The number of halogens is 4. The van der Waals surface area contributed by atoms with Crippen molar-refractivity contribution >= 4 is 37.8 Å². The largest absolute Gasteiger partial charge is 0.345 e. The summed E-state index contributed by atoms with van der Waals surface area (Å²) in [5.41, 5.74) is -0.392. The van der Waals surface area contributed by atoms with E-state index in [-0.39, 0.29) is 11.1 Å². The van der Waals surface area contributed by atoms with Gasteiger partial charge in [0.15, 0.2) is 0 Å². The minimum absolute atomic E-state index is 0.140. The highest BCUT2D eigenvalue weighted by Gasteiger charge is 2.29. The lowest BCUT2D eigenvalue weighted by molar-refractivity contribution is 0.0911. The second kappa shape index (κ2) is 6.79. The van der Waals surface area contributed by atoms with Crippen LogP contribution in [-0.2, 0) is 0 Å². The molecule has 0 bridgehead atoms. The first-order chi connectivity index (χ1) is 8.89. The van der Waals surface area contributed by atoms with Crippen molar-refractivity contribution in [2.24, 2.45) is 0 Å². The van der Waals surface area contributed by atoms with E-state index < -0.39 is 23.1 Å². The first-order valence-corrected chi connectivity index (χ1v) is 8.03. The molecule has 0 heterocycles. The Morgan fingerprint density at radius 1 is 1.26 bits per heavy atom. The van der Waals surface area contributed by atoms with Crippen LogP contribution in [0.2, 0.25) is 0 Å². The molecule has 1 rings (SSSR count). The minimum atomic E-state index is -0.852. The Labute approximate surface area is 128 Å². The molecule has 0 aliphatic heterocycles. The molecule has 1 aromatic rings. The van der Waals surface area contributed by atoms with Crippen LogP contribution in [0.4, 0.5) is 8.78 Å². The summed E-state index contributed by atoms with van der Waals surface area (Å²) in [6, 6.07) is 1.96. The normalized spacial score (nSPS) is 11.5. The highest BCUT2D eigenvalue weighted by atomic mass is 79.9. The fourth-order valence-corrected chi connectivity index (χ4v) is 3.52. The molecular formula is C13H15Br2F2NO. The van der Waals surface area contributed by atoms with Gasteiger partial charge in [-0.15, -0.1) is 0 Å². The third-order valence-corrected chi connectivity index (χ3v) is 5.21. The Morgan fingerprint density at radius 2 is 1.84 bits per heavy atom. The average Bonchev–Trinajstić information content (AvgIpc) is 2.40. The zero-order valence-electron chi connectivity index (χ0n) is 10.7. The van der Waals surface area contributed by atoms with E-state index in [9.17, 15) is 13.6 Å². The third kappa shape index (κ3) is 3.75. The van der Waals surface area contributed by atoms with Crippen molar-refractivity contribution in [3.8, 4) is 0 Å². The van der Waals surface area contributed by atoms with Gasteiger partial charge in [0.1, 0.15) is 11.6 Å². The van der Waals surface area contributed by atoms with E-state index in [1.807, 2.05) is 6.92 Å². The molecular weight excluding hydrogens is 384 g/mol. The maximum Gasteiger partial charge on any atom is 0.254 e. The molecule has 0 atom stereocenters. The average molecular weight is 399 g/mol. The van der Waals surface area contributed by atoms with Crippen LogP contribution >= 0.6 is 31.9 Å². The fraction of sp³-hybridized carbons (Fsp3) is 0.462. The molecule has 0 fully saturated rings. The van der Waals surface area contributed by atoms with E-state index >= 15 is 0 Å². The zero-order chi connectivity index (χ0) is 14.6. The van der Waals surface area contributed by atoms with Crippen LogP contribution in [0.1, 0.15) is 29.3 Å². The number of rotatable bonds is 5. The molecule has 0 aromatic heterocycles. The number of aryl methyl sites for hydroxylation is 1. The summed E-state index contributed by atoms with van der Waals surface area (Å²) in [6.45, 7) is 3.42. The van der Waals surface area contributed by atoms with Gasteiger partial charge in [-0.05, 0) is 25.0 Å². The van der Waals surface area contributed by atoms with Crippen LogP contribution in [0.3, 0.4) is 0 Å². The predicted molar refractivity (Wildman–Crippen MR) is 79.2 cm³/mol. The van der Waals surface area contributed by atoms with Gasteiger partial charge in [0, 0.05) is 16.7 Å². The Bertz CT molecular complexity index is 468. The molecule has 19 heavy (non-hydrogen) atoms. The van der Waals surface area contributed by atoms with Crippen molar-refractivity contribution in [2.45, 2.75) is 25.8 Å². The lowest BCUT2D eigenvalue weighted by Crippen LogP contribution is -2.51. The summed E-state index contributed by atoms with van der Waals surface area (Å²) in [7, 11) is 0. The molecule has 1 N–H and O–H groups in total. The van der Waals surface area contributed by atoms with Crippen molar-refractivity contribution in [1.29, 1.82) is 0 Å². The molecule has 0 aliphatic rings. The van der Waals surface area contributed by atoms with E-state index in [1.165, 1.54) is 13.0 Å². The van der Waals surface area contributed by atoms with Crippen LogP contribution < -0.4 is 5.32 Å². The second-order valence-corrected chi connectivity index (χ2v) is 5.56. The molecule has 2 nitrogen and oxygen atoms in total. The lowest BCUT2D eigenvalue weighted by Gasteiger charge is -2.30. The molecule has 1 aromatic carbocycles. The summed E-state index contributed by atoms with van der Waals surface area (Å²) < 4.78 is 26.8. The van der Waals surface area contributed by atoms with Gasteiger partial charge in [-0.1, -0.05) is 38.8 Å². The standard InChI is InChI=1S/C13H15Br2F2NO/c1-3-13(6-14,7-15)18-12(19)9-4-8(2)10(16)5-11(9)17/h4-5H,3,6-7H2,1-2H3,(H,18,19). The summed E-state index contributed by atoms with van der Waals surface area (Å²) in [5.74, 6) is -2.05. The van der Waals surface area contributed by atoms with E-state index in [1.54, 1.807) is 0 Å². The van der Waals surface area contributed by atoms with Crippen LogP contribution in [0.25, 0.3) is 0 Å². The monoisotopic (exact) mass is 397 g/mol. The number of amides is 1. The number of hydrogen-bond donors (Lipinski definition) is 1. The van der Waals surface area contributed by atoms with Gasteiger partial charge >= 0.3 is 0 Å². The minimum Gasteiger partial charge on any atom is -0.345 e. The van der Waals surface area contributed by atoms with Gasteiger partial charge in [-0.3, -0.25) is 4.79 Å². The van der Waals surface area contributed by atoms with Crippen LogP contribution in [0.5, 0.6) is 0 Å². The molecule has 0 aliphatic carbocycles. The van der Waals surface area contributed by atoms with E-state index in [2.05, 4.69) is 37.2 Å². The summed E-state index contributed by atoms with van der Waals surface area (Å²) in [5, 5.41) is 3.86. The molecule has 0 saturated heterocycles. The summed E-state index contributed by atoms with van der Waals surface area (Å²) in [4.78, 5) is 12.1. The Morgan fingerprint density at radius 3 is 2.32 bits per heavy atom. The maximum absolute atomic E-state index is 13.6. The van der Waals surface area contributed by atoms with Crippen LogP contribution in [0.15, 0.2) is 12.1 Å². The van der Waals surface area contributed by atoms with Crippen LogP contribution in [-0.4, -0.2) is 22.1 Å². The number of nitrogens with one attached hydrogen (secondary N) is 1. The zero-order valence-corrected chi connectivity index (χ0v) is 13.9. The number of alkyl halides is 2. The Hall–Kier alpha value is -0.490. The molecule has 0 spiro atoms. The van der Waals surface area contributed by atoms with Gasteiger partial charge in [-0.2, -0.15) is 0 Å². The van der Waals surface area contributed by atoms with Crippen molar-refractivity contribution in [3.63, 3.8) is 0 Å². The van der Waals surface area contributed by atoms with E-state index in [4.69, 9.17) is 0 Å². The number of benzene rings is 1. The van der Waals surface area contributed by atoms with Gasteiger partial charge in [-0.25, -0.2) is 8.78 Å². The Balaban J connectivity index is 3.04. The fourth-order valence-electron chi connectivity index (χ4n) is 1.52. The molecule has 0 saturated carbocycles. The predicted octanol–water partition coefficient (Wildman–Crippen LogP) is 3.94. The van der Waals surface area contributed by atoms with Crippen molar-refractivity contribution in [2.75, 3.05) is 10.7 Å². The third-order valence-electron chi connectivity index (χ3n) is 3.06. The smallest absolute Gasteiger partial charge is 0.254 e. The SMILES string of the molecule is CCC(CBr)(CBr)NC(=O)c1cc(C)c(F)cc1F. The molecule has 0 unspecified atom stereocenters.